The van der Waals surface area contributed by atoms with Gasteiger partial charge in [-0.05, 0) is 47.9 Å². The van der Waals surface area contributed by atoms with Gasteiger partial charge in [0.15, 0.2) is 9.37 Å². The summed E-state index contributed by atoms with van der Waals surface area (Å²) in [4.78, 5) is 31.8. The van der Waals surface area contributed by atoms with Crippen LogP contribution < -0.4 is 20.9 Å². The number of aromatic amines is 1. The average Bonchev–Trinajstić information content (AvgIpc) is 3.30. The highest BCUT2D eigenvalue weighted by Gasteiger charge is 2.45. The molecule has 0 spiro atoms. The van der Waals surface area contributed by atoms with Crippen LogP contribution in [0.2, 0.25) is 0 Å². The molecule has 2 aliphatic rings. The molecule has 28 heavy (non-hydrogen) atoms. The normalized spacial score (nSPS) is 23.7. The van der Waals surface area contributed by atoms with Gasteiger partial charge in [-0.15, -0.1) is 11.6 Å². The van der Waals surface area contributed by atoms with Crippen molar-refractivity contribution in [3.05, 3.63) is 29.2 Å². The van der Waals surface area contributed by atoms with E-state index in [1.165, 1.54) is 0 Å². The molecule has 1 saturated heterocycles. The van der Waals surface area contributed by atoms with Gasteiger partial charge >= 0.3 is 0 Å². The molecule has 1 amide bonds. The maximum atomic E-state index is 12.8. The topological polar surface area (TPSA) is 86.3 Å². The van der Waals surface area contributed by atoms with Crippen molar-refractivity contribution in [3.63, 3.8) is 0 Å². The minimum atomic E-state index is -0.626. The first-order valence-corrected chi connectivity index (χ1v) is 11.0. The first-order valence-electron chi connectivity index (χ1n) is 9.49. The lowest BCUT2D eigenvalue weighted by molar-refractivity contribution is -0.122. The van der Waals surface area contributed by atoms with Gasteiger partial charge in [-0.1, -0.05) is 13.0 Å². The number of carbonyl (C=O) groups excluding carboxylic acids is 1. The first kappa shape index (κ1) is 19.6. The molecule has 2 aromatic rings. The van der Waals surface area contributed by atoms with E-state index in [1.807, 2.05) is 18.3 Å². The van der Waals surface area contributed by atoms with Crippen molar-refractivity contribution in [2.45, 2.75) is 35.1 Å². The van der Waals surface area contributed by atoms with Crippen molar-refractivity contribution < 1.29 is 4.79 Å². The number of hydrogen-bond donors (Lipinski definition) is 2. The number of nitrogens with one attached hydrogen (secondary N) is 2. The van der Waals surface area contributed by atoms with Crippen molar-refractivity contribution in [2.75, 3.05) is 24.5 Å². The fraction of sp³-hybridized carbons (Fsp3) is 0.474. The summed E-state index contributed by atoms with van der Waals surface area (Å²) in [6.07, 6.45) is 8.26. The van der Waals surface area contributed by atoms with E-state index in [0.717, 1.165) is 47.9 Å². The van der Waals surface area contributed by atoms with Gasteiger partial charge in [-0.3, -0.25) is 9.79 Å². The SMILES string of the molecule is CCCNC(=O)[C@@]1(I)CCCN1c1ccnc(-c2c[nH]c3c2=CC(Cl)CN=3)n1. The number of nitrogens with zero attached hydrogens (tertiary/aromatic N) is 4. The third kappa shape index (κ3) is 3.52. The predicted octanol–water partition coefficient (Wildman–Crippen LogP) is 1.75. The predicted molar refractivity (Wildman–Crippen MR) is 118 cm³/mol. The Balaban J connectivity index is 1.69. The Morgan fingerprint density at radius 1 is 1.54 bits per heavy atom. The van der Waals surface area contributed by atoms with Gasteiger partial charge in [0.05, 0.1) is 11.9 Å². The number of hydrogen-bond acceptors (Lipinski definition) is 5. The van der Waals surface area contributed by atoms with E-state index in [-0.39, 0.29) is 11.3 Å². The molecule has 0 saturated carbocycles. The van der Waals surface area contributed by atoms with Crippen LogP contribution in [0.25, 0.3) is 17.5 Å². The molecule has 4 rings (SSSR count). The van der Waals surface area contributed by atoms with E-state index in [2.05, 4.69) is 54.7 Å². The highest BCUT2D eigenvalue weighted by molar-refractivity contribution is 14.1. The summed E-state index contributed by atoms with van der Waals surface area (Å²) in [7, 11) is 0. The average molecular weight is 513 g/mol. The summed E-state index contributed by atoms with van der Waals surface area (Å²) in [6.45, 7) is 4.08. The Morgan fingerprint density at radius 2 is 2.39 bits per heavy atom. The Bertz CT molecular complexity index is 1010. The molecule has 2 atom stereocenters. The van der Waals surface area contributed by atoms with Gasteiger partial charge < -0.3 is 15.2 Å². The zero-order chi connectivity index (χ0) is 19.7. The van der Waals surface area contributed by atoms with Crippen LogP contribution >= 0.6 is 34.2 Å². The summed E-state index contributed by atoms with van der Waals surface area (Å²) in [5.41, 5.74) is 1.68. The largest absolute Gasteiger partial charge is 0.353 e. The van der Waals surface area contributed by atoms with Crippen LogP contribution in [0, 0.1) is 0 Å². The molecule has 2 aromatic heterocycles. The van der Waals surface area contributed by atoms with E-state index >= 15 is 0 Å². The van der Waals surface area contributed by atoms with Gasteiger partial charge in [0.2, 0.25) is 0 Å². The lowest BCUT2D eigenvalue weighted by atomic mass is 10.2. The number of amides is 1. The lowest BCUT2D eigenvalue weighted by Gasteiger charge is -2.33. The van der Waals surface area contributed by atoms with Crippen molar-refractivity contribution >= 4 is 52.0 Å². The third-order valence-corrected chi connectivity index (χ3v) is 6.90. The Morgan fingerprint density at radius 3 is 3.21 bits per heavy atom. The highest BCUT2D eigenvalue weighted by atomic mass is 127. The number of fused-ring (bicyclic) bond motifs is 1. The summed E-state index contributed by atoms with van der Waals surface area (Å²) in [5.74, 6) is 1.41. The second kappa shape index (κ2) is 7.98. The fourth-order valence-corrected chi connectivity index (χ4v) is 4.89. The van der Waals surface area contributed by atoms with Gasteiger partial charge in [0, 0.05) is 36.3 Å². The van der Waals surface area contributed by atoms with Crippen LogP contribution in [0.5, 0.6) is 0 Å². The van der Waals surface area contributed by atoms with E-state index in [0.29, 0.717) is 18.9 Å². The summed E-state index contributed by atoms with van der Waals surface area (Å²) in [5, 5.41) is 3.84. The first-order chi connectivity index (χ1) is 13.5. The third-order valence-electron chi connectivity index (χ3n) is 5.03. The summed E-state index contributed by atoms with van der Waals surface area (Å²) < 4.78 is -0.626. The molecule has 1 fully saturated rings. The van der Waals surface area contributed by atoms with Gasteiger partial charge in [0.1, 0.15) is 11.3 Å². The van der Waals surface area contributed by atoms with Crippen molar-refractivity contribution in [1.29, 1.82) is 0 Å². The smallest absolute Gasteiger partial charge is 0.256 e. The second-order valence-electron chi connectivity index (χ2n) is 7.00. The Hall–Kier alpha value is -1.68. The zero-order valence-corrected chi connectivity index (χ0v) is 18.5. The minimum absolute atomic E-state index is 0.0451. The van der Waals surface area contributed by atoms with Crippen molar-refractivity contribution in [3.8, 4) is 11.4 Å². The lowest BCUT2D eigenvalue weighted by Crippen LogP contribution is -2.51. The number of alkyl halides is 2. The molecule has 0 bridgehead atoms. The monoisotopic (exact) mass is 512 g/mol. The van der Waals surface area contributed by atoms with Crippen LogP contribution in [-0.4, -0.2) is 49.4 Å². The molecule has 0 radical (unpaired) electrons. The number of carbonyl (C=O) groups is 1. The van der Waals surface area contributed by atoms with Crippen molar-refractivity contribution in [1.82, 2.24) is 20.3 Å². The highest BCUT2D eigenvalue weighted by Crippen LogP contribution is 2.39. The molecular formula is C19H22ClIN6O. The standard InChI is InChI=1S/C19H22ClIN6O/c1-2-6-23-18(28)19(21)5-3-8-27(19)15-4-7-22-17(26-15)14-11-25-16-13(14)9-12(20)10-24-16/h4,7,9,11-12H,2-3,5-6,8,10H2,1H3,(H,23,28)(H,24,25)/t12?,19-/m1/s1. The number of H-pyrrole nitrogens is 1. The van der Waals surface area contributed by atoms with Crippen LogP contribution in [-0.2, 0) is 4.79 Å². The molecule has 9 heteroatoms. The van der Waals surface area contributed by atoms with Crippen LogP contribution in [0.1, 0.15) is 26.2 Å². The molecule has 7 nitrogen and oxygen atoms in total. The van der Waals surface area contributed by atoms with E-state index in [4.69, 9.17) is 16.6 Å². The van der Waals surface area contributed by atoms with Crippen LogP contribution in [0.3, 0.4) is 0 Å². The number of halogens is 2. The zero-order valence-electron chi connectivity index (χ0n) is 15.6. The van der Waals surface area contributed by atoms with Crippen molar-refractivity contribution in [2.24, 2.45) is 4.99 Å². The number of rotatable bonds is 5. The maximum Gasteiger partial charge on any atom is 0.256 e. The van der Waals surface area contributed by atoms with Crippen LogP contribution in [0.15, 0.2) is 23.5 Å². The molecule has 148 valence electrons. The molecule has 0 aliphatic carbocycles. The maximum absolute atomic E-state index is 12.8. The summed E-state index contributed by atoms with van der Waals surface area (Å²) in [6, 6.07) is 1.87. The summed E-state index contributed by atoms with van der Waals surface area (Å²) >= 11 is 8.52. The molecule has 1 unspecified atom stereocenters. The Labute approximate surface area is 181 Å². The molecular weight excluding hydrogens is 491 g/mol. The Kier molecular flexibility index (Phi) is 5.59. The van der Waals surface area contributed by atoms with E-state index < -0.39 is 3.55 Å². The van der Waals surface area contributed by atoms with E-state index in [9.17, 15) is 4.79 Å². The minimum Gasteiger partial charge on any atom is -0.353 e. The molecule has 0 aromatic carbocycles. The quantitative estimate of drug-likeness (QED) is 0.363. The van der Waals surface area contributed by atoms with Gasteiger partial charge in [0.25, 0.3) is 5.91 Å². The van der Waals surface area contributed by atoms with Gasteiger partial charge in [-0.25, -0.2) is 9.97 Å². The second-order valence-corrected chi connectivity index (χ2v) is 9.34. The van der Waals surface area contributed by atoms with Gasteiger partial charge in [-0.2, -0.15) is 0 Å². The van der Waals surface area contributed by atoms with Crippen LogP contribution in [0.4, 0.5) is 5.82 Å². The fourth-order valence-electron chi connectivity index (χ4n) is 3.64. The number of anilines is 1. The molecule has 2 aliphatic heterocycles. The number of aromatic nitrogens is 3. The van der Waals surface area contributed by atoms with E-state index in [1.54, 1.807) is 6.20 Å². The molecule has 2 N–H and O–H groups in total. The molecule has 4 heterocycles.